The molecule has 0 amide bonds. The van der Waals surface area contributed by atoms with Crippen LogP contribution in [0.5, 0.6) is 0 Å². The quantitative estimate of drug-likeness (QED) is 0.775. The first kappa shape index (κ1) is 11.4. The molecule has 0 spiro atoms. The number of benzene rings is 1. The second-order valence-electron chi connectivity index (χ2n) is 3.29. The van der Waals surface area contributed by atoms with Gasteiger partial charge in [0, 0.05) is 10.0 Å². The molecule has 76 valence electrons. The molecule has 1 aromatic carbocycles. The summed E-state index contributed by atoms with van der Waals surface area (Å²) < 4.78 is 6.14. The lowest BCUT2D eigenvalue weighted by atomic mass is 10.1. The molecule has 0 unspecified atom stereocenters. The van der Waals surface area contributed by atoms with Crippen LogP contribution in [0.15, 0.2) is 28.7 Å². The SMILES string of the molecule is CC(C)OCC(=O)c1cccc(Br)c1. The topological polar surface area (TPSA) is 26.3 Å². The number of ketones is 1. The summed E-state index contributed by atoms with van der Waals surface area (Å²) in [6.45, 7) is 3.97. The van der Waals surface area contributed by atoms with E-state index < -0.39 is 0 Å². The van der Waals surface area contributed by atoms with Gasteiger partial charge in [-0.25, -0.2) is 0 Å². The molecule has 0 radical (unpaired) electrons. The number of ether oxygens (including phenoxy) is 1. The normalized spacial score (nSPS) is 10.6. The van der Waals surface area contributed by atoms with Crippen LogP contribution in [0, 0.1) is 0 Å². The first-order valence-electron chi connectivity index (χ1n) is 4.50. The first-order valence-corrected chi connectivity index (χ1v) is 5.29. The Hall–Kier alpha value is -0.670. The van der Waals surface area contributed by atoms with E-state index in [1.54, 1.807) is 12.1 Å². The zero-order valence-corrected chi connectivity index (χ0v) is 9.87. The van der Waals surface area contributed by atoms with Gasteiger partial charge in [0.05, 0.1) is 6.10 Å². The van der Waals surface area contributed by atoms with Gasteiger partial charge in [0.15, 0.2) is 5.78 Å². The molecule has 0 aromatic heterocycles. The summed E-state index contributed by atoms with van der Waals surface area (Å²) in [4.78, 5) is 11.6. The lowest BCUT2D eigenvalue weighted by Gasteiger charge is -2.06. The molecule has 0 saturated heterocycles. The number of carbonyl (C=O) groups excluding carboxylic acids is 1. The van der Waals surface area contributed by atoms with Crippen LogP contribution in [0.2, 0.25) is 0 Å². The minimum Gasteiger partial charge on any atom is -0.371 e. The molecule has 2 nitrogen and oxygen atoms in total. The average molecular weight is 257 g/mol. The fraction of sp³-hybridized carbons (Fsp3) is 0.364. The van der Waals surface area contributed by atoms with Crippen LogP contribution < -0.4 is 0 Å². The molecule has 0 aliphatic carbocycles. The molecule has 0 aliphatic rings. The van der Waals surface area contributed by atoms with Crippen LogP contribution in [-0.2, 0) is 4.74 Å². The summed E-state index contributed by atoms with van der Waals surface area (Å²) in [5, 5.41) is 0. The van der Waals surface area contributed by atoms with Crippen molar-refractivity contribution in [2.75, 3.05) is 6.61 Å². The van der Waals surface area contributed by atoms with Gasteiger partial charge >= 0.3 is 0 Å². The van der Waals surface area contributed by atoms with Crippen LogP contribution in [0.1, 0.15) is 24.2 Å². The fourth-order valence-corrected chi connectivity index (χ4v) is 1.39. The Balaban J connectivity index is 2.61. The van der Waals surface area contributed by atoms with Crippen molar-refractivity contribution < 1.29 is 9.53 Å². The summed E-state index contributed by atoms with van der Waals surface area (Å²) in [7, 11) is 0. The Kier molecular flexibility index (Phi) is 4.29. The van der Waals surface area contributed by atoms with Crippen molar-refractivity contribution in [2.45, 2.75) is 20.0 Å². The van der Waals surface area contributed by atoms with E-state index in [2.05, 4.69) is 15.9 Å². The molecule has 0 atom stereocenters. The van der Waals surface area contributed by atoms with Crippen molar-refractivity contribution in [3.8, 4) is 0 Å². The minimum atomic E-state index is 0.0139. The summed E-state index contributed by atoms with van der Waals surface area (Å²) >= 11 is 3.32. The van der Waals surface area contributed by atoms with Crippen molar-refractivity contribution in [3.63, 3.8) is 0 Å². The van der Waals surface area contributed by atoms with Crippen molar-refractivity contribution in [1.29, 1.82) is 0 Å². The standard InChI is InChI=1S/C11H13BrO2/c1-8(2)14-7-11(13)9-4-3-5-10(12)6-9/h3-6,8H,7H2,1-2H3. The van der Waals surface area contributed by atoms with Gasteiger partial charge < -0.3 is 4.74 Å². The molecule has 0 heterocycles. The monoisotopic (exact) mass is 256 g/mol. The third-order valence-electron chi connectivity index (χ3n) is 1.69. The molecule has 0 bridgehead atoms. The molecular formula is C11H13BrO2. The van der Waals surface area contributed by atoms with Gasteiger partial charge in [0.25, 0.3) is 0 Å². The van der Waals surface area contributed by atoms with Gasteiger partial charge in [-0.15, -0.1) is 0 Å². The predicted octanol–water partition coefficient (Wildman–Crippen LogP) is 3.06. The fourth-order valence-electron chi connectivity index (χ4n) is 0.988. The number of hydrogen-bond donors (Lipinski definition) is 0. The Morgan fingerprint density at radius 3 is 2.79 bits per heavy atom. The van der Waals surface area contributed by atoms with E-state index >= 15 is 0 Å². The van der Waals surface area contributed by atoms with Crippen LogP contribution in [0.25, 0.3) is 0 Å². The molecular weight excluding hydrogens is 244 g/mol. The number of hydrogen-bond acceptors (Lipinski definition) is 2. The molecule has 14 heavy (non-hydrogen) atoms. The Morgan fingerprint density at radius 1 is 1.50 bits per heavy atom. The summed E-state index contributed by atoms with van der Waals surface area (Å²) in [6.07, 6.45) is 0.0890. The third-order valence-corrected chi connectivity index (χ3v) is 2.19. The average Bonchev–Trinajstić information content (AvgIpc) is 2.14. The number of halogens is 1. The van der Waals surface area contributed by atoms with Crippen LogP contribution >= 0.6 is 15.9 Å². The maximum absolute atomic E-state index is 11.6. The molecule has 0 N–H and O–H groups in total. The van der Waals surface area contributed by atoms with E-state index in [1.807, 2.05) is 26.0 Å². The highest BCUT2D eigenvalue weighted by Crippen LogP contribution is 2.12. The first-order chi connectivity index (χ1) is 6.59. The van der Waals surface area contributed by atoms with Crippen molar-refractivity contribution in [3.05, 3.63) is 34.3 Å². The second-order valence-corrected chi connectivity index (χ2v) is 4.21. The summed E-state index contributed by atoms with van der Waals surface area (Å²) in [5.74, 6) is 0.0139. The second kappa shape index (κ2) is 5.27. The lowest BCUT2D eigenvalue weighted by molar-refractivity contribution is 0.0585. The van der Waals surface area contributed by atoms with Gasteiger partial charge in [0.2, 0.25) is 0 Å². The van der Waals surface area contributed by atoms with Gasteiger partial charge in [0.1, 0.15) is 6.61 Å². The maximum atomic E-state index is 11.6. The van der Waals surface area contributed by atoms with E-state index in [1.165, 1.54) is 0 Å². The zero-order chi connectivity index (χ0) is 10.6. The molecule has 0 saturated carbocycles. The summed E-state index contributed by atoms with van der Waals surface area (Å²) in [6, 6.07) is 7.32. The van der Waals surface area contributed by atoms with Gasteiger partial charge in [-0.1, -0.05) is 28.1 Å². The molecule has 0 aliphatic heterocycles. The van der Waals surface area contributed by atoms with Crippen LogP contribution in [-0.4, -0.2) is 18.5 Å². The smallest absolute Gasteiger partial charge is 0.188 e. The van der Waals surface area contributed by atoms with E-state index in [4.69, 9.17) is 4.74 Å². The number of rotatable bonds is 4. The van der Waals surface area contributed by atoms with E-state index in [0.29, 0.717) is 5.56 Å². The molecule has 0 fully saturated rings. The van der Waals surface area contributed by atoms with E-state index in [-0.39, 0.29) is 18.5 Å². The Bertz CT molecular complexity index is 321. The molecule has 1 rings (SSSR count). The predicted molar refractivity (Wildman–Crippen MR) is 59.6 cm³/mol. The van der Waals surface area contributed by atoms with Crippen LogP contribution in [0.3, 0.4) is 0 Å². The zero-order valence-electron chi connectivity index (χ0n) is 8.29. The largest absolute Gasteiger partial charge is 0.371 e. The van der Waals surface area contributed by atoms with Crippen molar-refractivity contribution >= 4 is 21.7 Å². The third kappa shape index (κ3) is 3.60. The van der Waals surface area contributed by atoms with Crippen molar-refractivity contribution in [2.24, 2.45) is 0 Å². The van der Waals surface area contributed by atoms with Crippen molar-refractivity contribution in [1.82, 2.24) is 0 Å². The summed E-state index contributed by atoms with van der Waals surface area (Å²) in [5.41, 5.74) is 0.681. The Morgan fingerprint density at radius 2 is 2.21 bits per heavy atom. The van der Waals surface area contributed by atoms with Gasteiger partial charge in [-0.3, -0.25) is 4.79 Å². The highest BCUT2D eigenvalue weighted by atomic mass is 79.9. The number of carbonyl (C=O) groups is 1. The van der Waals surface area contributed by atoms with Gasteiger partial charge in [-0.05, 0) is 26.0 Å². The molecule has 1 aromatic rings. The van der Waals surface area contributed by atoms with Crippen LogP contribution in [0.4, 0.5) is 0 Å². The van der Waals surface area contributed by atoms with Gasteiger partial charge in [-0.2, -0.15) is 0 Å². The highest BCUT2D eigenvalue weighted by molar-refractivity contribution is 9.10. The highest BCUT2D eigenvalue weighted by Gasteiger charge is 2.06. The number of Topliss-reactive ketones (excluding diaryl/α,β-unsaturated/α-hetero) is 1. The Labute approximate surface area is 92.4 Å². The lowest BCUT2D eigenvalue weighted by Crippen LogP contribution is -2.13. The minimum absolute atomic E-state index is 0.0139. The maximum Gasteiger partial charge on any atom is 0.188 e. The van der Waals surface area contributed by atoms with E-state index in [9.17, 15) is 4.79 Å². The molecule has 3 heteroatoms. The van der Waals surface area contributed by atoms with E-state index in [0.717, 1.165) is 4.47 Å².